The van der Waals surface area contributed by atoms with Crippen molar-refractivity contribution in [2.45, 2.75) is 20.4 Å². The second-order valence-corrected chi connectivity index (χ2v) is 5.93. The first-order valence-electron chi connectivity index (χ1n) is 7.04. The second kappa shape index (κ2) is 5.50. The van der Waals surface area contributed by atoms with Crippen LogP contribution in [0.3, 0.4) is 0 Å². The molecule has 0 radical (unpaired) electrons. The van der Waals surface area contributed by atoms with Crippen LogP contribution >= 0.6 is 11.6 Å². The monoisotopic (exact) mass is 313 g/mol. The normalized spacial score (nSPS) is 11.0. The molecule has 0 aliphatic heterocycles. The number of halogens is 1. The molecule has 112 valence electrons. The summed E-state index contributed by atoms with van der Waals surface area (Å²) in [4.78, 5) is 12.3. The van der Waals surface area contributed by atoms with Crippen molar-refractivity contribution in [3.05, 3.63) is 74.5 Å². The van der Waals surface area contributed by atoms with Crippen molar-refractivity contribution in [1.29, 1.82) is 0 Å². The van der Waals surface area contributed by atoms with Crippen molar-refractivity contribution in [2.24, 2.45) is 0 Å². The van der Waals surface area contributed by atoms with Crippen molar-refractivity contribution in [1.82, 2.24) is 4.57 Å². The third kappa shape index (κ3) is 2.48. The Morgan fingerprint density at radius 2 is 1.91 bits per heavy atom. The maximum atomic E-state index is 12.3. The molecule has 0 saturated carbocycles. The number of hydrogen-bond acceptors (Lipinski definition) is 2. The smallest absolute Gasteiger partial charge is 0.254 e. The van der Waals surface area contributed by atoms with Crippen molar-refractivity contribution in [2.75, 3.05) is 0 Å². The van der Waals surface area contributed by atoms with E-state index in [9.17, 15) is 9.90 Å². The summed E-state index contributed by atoms with van der Waals surface area (Å²) >= 11 is 6.17. The molecule has 0 atom stereocenters. The van der Waals surface area contributed by atoms with Gasteiger partial charge in [0.25, 0.3) is 5.56 Å². The van der Waals surface area contributed by atoms with Crippen LogP contribution in [0.15, 0.2) is 47.3 Å². The zero-order valence-corrected chi connectivity index (χ0v) is 13.2. The summed E-state index contributed by atoms with van der Waals surface area (Å²) in [6.07, 6.45) is 0. The van der Waals surface area contributed by atoms with Gasteiger partial charge >= 0.3 is 0 Å². The summed E-state index contributed by atoms with van der Waals surface area (Å²) in [6, 6.07) is 12.8. The van der Waals surface area contributed by atoms with Gasteiger partial charge in [0.05, 0.1) is 17.0 Å². The van der Waals surface area contributed by atoms with E-state index in [0.29, 0.717) is 22.3 Å². The molecule has 2 aromatic carbocycles. The first kappa shape index (κ1) is 14.7. The zero-order valence-electron chi connectivity index (χ0n) is 12.4. The molecule has 1 heterocycles. The van der Waals surface area contributed by atoms with Gasteiger partial charge in [-0.1, -0.05) is 47.5 Å². The first-order chi connectivity index (χ1) is 10.5. The topological polar surface area (TPSA) is 42.2 Å². The van der Waals surface area contributed by atoms with Crippen LogP contribution in [0, 0.1) is 13.8 Å². The van der Waals surface area contributed by atoms with E-state index < -0.39 is 0 Å². The Morgan fingerprint density at radius 1 is 1.14 bits per heavy atom. The highest BCUT2D eigenvalue weighted by molar-refractivity contribution is 6.36. The third-order valence-electron chi connectivity index (χ3n) is 3.90. The number of rotatable bonds is 2. The number of hydrogen-bond donors (Lipinski definition) is 1. The molecule has 0 unspecified atom stereocenters. The molecule has 0 bridgehead atoms. The van der Waals surface area contributed by atoms with E-state index in [2.05, 4.69) is 6.07 Å². The molecule has 3 aromatic rings. The van der Waals surface area contributed by atoms with E-state index in [1.807, 2.05) is 26.0 Å². The van der Waals surface area contributed by atoms with Crippen molar-refractivity contribution in [3.63, 3.8) is 0 Å². The number of nitrogens with zero attached hydrogens (tertiary/aromatic N) is 1. The highest BCUT2D eigenvalue weighted by Crippen LogP contribution is 2.30. The molecule has 1 aromatic heterocycles. The van der Waals surface area contributed by atoms with E-state index in [-0.39, 0.29) is 11.4 Å². The van der Waals surface area contributed by atoms with Gasteiger partial charge in [-0.3, -0.25) is 9.36 Å². The number of aromatic hydroxyl groups is 1. The van der Waals surface area contributed by atoms with Gasteiger partial charge in [0.2, 0.25) is 5.88 Å². The molecule has 3 nitrogen and oxygen atoms in total. The standard InChI is InChI=1S/C18H16ClNO2/c1-11-6-7-14(12(2)8-11)10-20-16(21)9-13-4-3-5-15(19)17(13)18(20)22/h3-9,22H,10H2,1-2H3. The van der Waals surface area contributed by atoms with Crippen LogP contribution in [0.1, 0.15) is 16.7 Å². The van der Waals surface area contributed by atoms with E-state index >= 15 is 0 Å². The van der Waals surface area contributed by atoms with Gasteiger partial charge in [0.1, 0.15) is 0 Å². The fourth-order valence-electron chi connectivity index (χ4n) is 2.69. The van der Waals surface area contributed by atoms with Gasteiger partial charge in [-0.15, -0.1) is 0 Å². The minimum absolute atomic E-state index is 0.0897. The number of aromatic nitrogens is 1. The number of benzene rings is 2. The fourth-order valence-corrected chi connectivity index (χ4v) is 2.96. The van der Waals surface area contributed by atoms with Gasteiger partial charge in [-0.05, 0) is 36.4 Å². The molecule has 22 heavy (non-hydrogen) atoms. The Hall–Kier alpha value is -2.26. The van der Waals surface area contributed by atoms with Crippen molar-refractivity contribution < 1.29 is 5.11 Å². The van der Waals surface area contributed by atoms with Crippen LogP contribution in [-0.2, 0) is 6.54 Å². The highest BCUT2D eigenvalue weighted by atomic mass is 35.5. The summed E-state index contributed by atoms with van der Waals surface area (Å²) in [5.74, 6) is -0.0897. The Balaban J connectivity index is 2.19. The van der Waals surface area contributed by atoms with Crippen molar-refractivity contribution >= 4 is 22.4 Å². The molecule has 1 N–H and O–H groups in total. The van der Waals surface area contributed by atoms with Crippen LogP contribution in [0.25, 0.3) is 10.8 Å². The van der Waals surface area contributed by atoms with Crippen molar-refractivity contribution in [3.8, 4) is 5.88 Å². The summed E-state index contributed by atoms with van der Waals surface area (Å²) < 4.78 is 1.35. The SMILES string of the molecule is Cc1ccc(Cn2c(O)c3c(Cl)cccc3cc2=O)c(C)c1. The Bertz CT molecular complexity index is 928. The minimum Gasteiger partial charge on any atom is -0.494 e. The molecule has 0 fully saturated rings. The van der Waals surface area contributed by atoms with Crippen LogP contribution in [0.4, 0.5) is 0 Å². The second-order valence-electron chi connectivity index (χ2n) is 5.53. The zero-order chi connectivity index (χ0) is 15.9. The third-order valence-corrected chi connectivity index (χ3v) is 4.21. The van der Waals surface area contributed by atoms with Gasteiger partial charge in [-0.25, -0.2) is 0 Å². The van der Waals surface area contributed by atoms with E-state index in [1.54, 1.807) is 18.2 Å². The molecule has 3 rings (SSSR count). The molecular formula is C18H16ClNO2. The molecule has 0 amide bonds. The molecule has 0 saturated heterocycles. The van der Waals surface area contributed by atoms with Gasteiger partial charge in [-0.2, -0.15) is 0 Å². The fraction of sp³-hybridized carbons (Fsp3) is 0.167. The highest BCUT2D eigenvalue weighted by Gasteiger charge is 2.12. The Morgan fingerprint density at radius 3 is 2.64 bits per heavy atom. The average molecular weight is 314 g/mol. The first-order valence-corrected chi connectivity index (χ1v) is 7.42. The molecule has 0 spiro atoms. The summed E-state index contributed by atoms with van der Waals surface area (Å²) in [5.41, 5.74) is 3.01. The van der Waals surface area contributed by atoms with Crippen LogP contribution in [-0.4, -0.2) is 9.67 Å². The Kier molecular flexibility index (Phi) is 3.67. The summed E-state index contributed by atoms with van der Waals surface area (Å²) in [7, 11) is 0. The lowest BCUT2D eigenvalue weighted by Gasteiger charge is -2.13. The predicted octanol–water partition coefficient (Wildman–Crippen LogP) is 4.03. The van der Waals surface area contributed by atoms with Gasteiger partial charge in [0, 0.05) is 6.07 Å². The average Bonchev–Trinajstić information content (AvgIpc) is 2.45. The summed E-state index contributed by atoms with van der Waals surface area (Å²) in [6.45, 7) is 4.34. The van der Waals surface area contributed by atoms with E-state index in [4.69, 9.17) is 11.6 Å². The maximum absolute atomic E-state index is 12.3. The van der Waals surface area contributed by atoms with Crippen LogP contribution in [0.5, 0.6) is 5.88 Å². The molecular weight excluding hydrogens is 298 g/mol. The van der Waals surface area contributed by atoms with Crippen LogP contribution < -0.4 is 5.56 Å². The number of pyridine rings is 1. The predicted molar refractivity (Wildman–Crippen MR) is 89.9 cm³/mol. The lowest BCUT2D eigenvalue weighted by molar-refractivity contribution is 0.422. The molecule has 4 heteroatoms. The minimum atomic E-state index is -0.243. The van der Waals surface area contributed by atoms with Crippen LogP contribution in [0.2, 0.25) is 5.02 Å². The van der Waals surface area contributed by atoms with E-state index in [1.165, 1.54) is 16.2 Å². The quantitative estimate of drug-likeness (QED) is 0.776. The van der Waals surface area contributed by atoms with E-state index in [0.717, 1.165) is 11.1 Å². The largest absolute Gasteiger partial charge is 0.494 e. The number of aryl methyl sites for hydroxylation is 2. The molecule has 0 aliphatic rings. The number of fused-ring (bicyclic) bond motifs is 1. The lowest BCUT2D eigenvalue weighted by Crippen LogP contribution is -2.20. The Labute approximate surface area is 133 Å². The molecule has 0 aliphatic carbocycles. The lowest BCUT2D eigenvalue weighted by atomic mass is 10.1. The maximum Gasteiger partial charge on any atom is 0.254 e. The summed E-state index contributed by atoms with van der Waals surface area (Å²) in [5, 5.41) is 12.1. The van der Waals surface area contributed by atoms with Gasteiger partial charge in [0.15, 0.2) is 0 Å². The van der Waals surface area contributed by atoms with Gasteiger partial charge < -0.3 is 5.11 Å².